The smallest absolute Gasteiger partial charge is 0.0656 e. The molecule has 2 aromatic rings. The molecule has 1 aliphatic carbocycles. The van der Waals surface area contributed by atoms with E-state index in [4.69, 9.17) is 58.0 Å². The minimum Gasteiger partial charge on any atom is -0.376 e. The van der Waals surface area contributed by atoms with Gasteiger partial charge in [0.25, 0.3) is 0 Å². The Hall–Kier alpha value is -0.570. The number of anilines is 1. The van der Waals surface area contributed by atoms with Crippen LogP contribution in [-0.4, -0.2) is 0 Å². The Balaban J connectivity index is 1.90. The lowest BCUT2D eigenvalue weighted by Crippen LogP contribution is -2.29. The Morgan fingerprint density at radius 2 is 1.71 bits per heavy atom. The van der Waals surface area contributed by atoms with Crippen LogP contribution in [0.5, 0.6) is 0 Å². The lowest BCUT2D eigenvalue weighted by Gasteiger charge is -2.39. The Labute approximate surface area is 165 Å². The Kier molecular flexibility index (Phi) is 4.43. The topological polar surface area (TPSA) is 12.0 Å². The lowest BCUT2D eigenvalue weighted by atomic mass is 9.77. The maximum Gasteiger partial charge on any atom is 0.0656 e. The molecule has 6 heteroatoms. The number of nitrogens with one attached hydrogen (secondary N) is 1. The number of hydrogen-bond acceptors (Lipinski definition) is 1. The van der Waals surface area contributed by atoms with E-state index in [0.29, 0.717) is 25.1 Å². The van der Waals surface area contributed by atoms with Gasteiger partial charge in [-0.2, -0.15) is 0 Å². The highest BCUT2D eigenvalue weighted by atomic mass is 35.5. The van der Waals surface area contributed by atoms with Gasteiger partial charge in [0.05, 0.1) is 36.8 Å². The fourth-order valence-electron chi connectivity index (χ4n) is 3.73. The van der Waals surface area contributed by atoms with Crippen molar-refractivity contribution in [2.75, 3.05) is 5.32 Å². The summed E-state index contributed by atoms with van der Waals surface area (Å²) < 4.78 is 0. The third kappa shape index (κ3) is 2.53. The van der Waals surface area contributed by atoms with Crippen molar-refractivity contribution < 1.29 is 0 Å². The average Bonchev–Trinajstić information content (AvgIpc) is 3.04. The summed E-state index contributed by atoms with van der Waals surface area (Å²) in [4.78, 5) is 0. The van der Waals surface area contributed by atoms with E-state index in [1.54, 1.807) is 12.1 Å². The summed E-state index contributed by atoms with van der Waals surface area (Å²) in [5.41, 5.74) is 2.75. The van der Waals surface area contributed by atoms with Gasteiger partial charge < -0.3 is 5.32 Å². The molecular weight excluding hydrogens is 407 g/mol. The van der Waals surface area contributed by atoms with Crippen molar-refractivity contribution in [2.45, 2.75) is 18.4 Å². The number of rotatable bonds is 1. The summed E-state index contributed by atoms with van der Waals surface area (Å²) in [6.45, 7) is 0. The Morgan fingerprint density at radius 1 is 0.917 bits per heavy atom. The second-order valence-corrected chi connectivity index (χ2v) is 8.04. The molecule has 0 saturated heterocycles. The van der Waals surface area contributed by atoms with E-state index in [1.807, 2.05) is 12.1 Å². The van der Waals surface area contributed by atoms with Gasteiger partial charge in [-0.15, -0.1) is 0 Å². The van der Waals surface area contributed by atoms with Crippen LogP contribution in [0.15, 0.2) is 36.4 Å². The van der Waals surface area contributed by atoms with Crippen LogP contribution in [0.1, 0.15) is 29.5 Å². The highest BCUT2D eigenvalue weighted by Gasteiger charge is 2.41. The molecule has 1 nitrogen and oxygen atoms in total. The van der Waals surface area contributed by atoms with Crippen LogP contribution < -0.4 is 5.32 Å². The number of benzene rings is 2. The molecule has 24 heavy (non-hydrogen) atoms. The molecule has 0 bridgehead atoms. The molecule has 2 aliphatic rings. The van der Waals surface area contributed by atoms with Crippen molar-refractivity contribution >= 4 is 63.7 Å². The highest BCUT2D eigenvalue weighted by molar-refractivity contribution is 6.45. The van der Waals surface area contributed by atoms with Gasteiger partial charge in [0.1, 0.15) is 0 Å². The summed E-state index contributed by atoms with van der Waals surface area (Å²) >= 11 is 31.8. The second kappa shape index (κ2) is 6.30. The molecule has 1 heterocycles. The summed E-state index contributed by atoms with van der Waals surface area (Å²) in [6.07, 6.45) is 5.27. The Bertz CT molecular complexity index is 861. The molecule has 0 spiro atoms. The largest absolute Gasteiger partial charge is 0.376 e. The molecule has 1 N–H and O–H groups in total. The van der Waals surface area contributed by atoms with E-state index in [-0.39, 0.29) is 17.9 Å². The van der Waals surface area contributed by atoms with Crippen LogP contribution in [0.25, 0.3) is 0 Å². The molecular formula is C18H12Cl5N. The van der Waals surface area contributed by atoms with Crippen LogP contribution in [0.2, 0.25) is 25.1 Å². The first-order valence-corrected chi connectivity index (χ1v) is 9.42. The molecule has 0 amide bonds. The maximum atomic E-state index is 6.49. The van der Waals surface area contributed by atoms with Gasteiger partial charge in [-0.05, 0) is 30.0 Å². The first-order valence-electron chi connectivity index (χ1n) is 7.53. The van der Waals surface area contributed by atoms with Crippen LogP contribution in [0.3, 0.4) is 0 Å². The maximum absolute atomic E-state index is 6.49. The third-order valence-electron chi connectivity index (χ3n) is 4.80. The highest BCUT2D eigenvalue weighted by Crippen LogP contribution is 2.55. The normalized spacial score (nSPS) is 24.5. The minimum atomic E-state index is -0.00144. The average molecular weight is 420 g/mol. The summed E-state index contributed by atoms with van der Waals surface area (Å²) in [7, 11) is 0. The monoisotopic (exact) mass is 417 g/mol. The van der Waals surface area contributed by atoms with Crippen molar-refractivity contribution in [1.29, 1.82) is 0 Å². The van der Waals surface area contributed by atoms with Crippen LogP contribution in [0.4, 0.5) is 5.69 Å². The Morgan fingerprint density at radius 3 is 2.50 bits per heavy atom. The van der Waals surface area contributed by atoms with E-state index >= 15 is 0 Å². The second-order valence-electron chi connectivity index (χ2n) is 6.06. The SMILES string of the molecule is Clc1cccc([C@@H]2Nc3c(Cl)cc(Cl)c(Cl)c3[C@@H]3C=CC[C@@H]32)c1Cl. The van der Waals surface area contributed by atoms with Crippen molar-refractivity contribution in [3.8, 4) is 0 Å². The molecule has 0 unspecified atom stereocenters. The first kappa shape index (κ1) is 16.9. The van der Waals surface area contributed by atoms with Gasteiger partial charge in [-0.25, -0.2) is 0 Å². The van der Waals surface area contributed by atoms with E-state index < -0.39 is 0 Å². The molecule has 2 aromatic carbocycles. The van der Waals surface area contributed by atoms with E-state index in [0.717, 1.165) is 23.2 Å². The van der Waals surface area contributed by atoms with E-state index in [1.165, 1.54) is 0 Å². The summed E-state index contributed by atoms with van der Waals surface area (Å²) in [5.74, 6) is 0.422. The number of halogens is 5. The van der Waals surface area contributed by atoms with Crippen LogP contribution in [0, 0.1) is 5.92 Å². The number of allylic oxidation sites excluding steroid dienone is 2. The fraction of sp³-hybridized carbons (Fsp3) is 0.222. The molecule has 3 atom stereocenters. The molecule has 0 fully saturated rings. The quantitative estimate of drug-likeness (QED) is 0.367. The molecule has 1 aliphatic heterocycles. The van der Waals surface area contributed by atoms with Gasteiger partial charge in [0.15, 0.2) is 0 Å². The fourth-order valence-corrected chi connectivity index (χ4v) is 4.96. The van der Waals surface area contributed by atoms with Gasteiger partial charge in [0, 0.05) is 11.5 Å². The van der Waals surface area contributed by atoms with Crippen LogP contribution in [-0.2, 0) is 0 Å². The van der Waals surface area contributed by atoms with Crippen molar-refractivity contribution in [3.05, 3.63) is 72.7 Å². The minimum absolute atomic E-state index is 0.00144. The van der Waals surface area contributed by atoms with Gasteiger partial charge in [0.2, 0.25) is 0 Å². The van der Waals surface area contributed by atoms with Gasteiger partial charge in [-0.3, -0.25) is 0 Å². The molecule has 0 aromatic heterocycles. The first-order chi connectivity index (χ1) is 11.5. The zero-order chi connectivity index (χ0) is 17.0. The summed E-state index contributed by atoms with van der Waals surface area (Å²) in [6, 6.07) is 7.37. The van der Waals surface area contributed by atoms with Gasteiger partial charge >= 0.3 is 0 Å². The molecule has 0 radical (unpaired) electrons. The lowest BCUT2D eigenvalue weighted by molar-refractivity contribution is 0.426. The zero-order valence-electron chi connectivity index (χ0n) is 12.3. The van der Waals surface area contributed by atoms with Crippen molar-refractivity contribution in [2.24, 2.45) is 5.92 Å². The van der Waals surface area contributed by atoms with Crippen molar-refractivity contribution in [3.63, 3.8) is 0 Å². The summed E-state index contributed by atoms with van der Waals surface area (Å²) in [5, 5.41) is 6.23. The number of fused-ring (bicyclic) bond motifs is 3. The van der Waals surface area contributed by atoms with E-state index in [9.17, 15) is 0 Å². The van der Waals surface area contributed by atoms with Crippen molar-refractivity contribution in [1.82, 2.24) is 0 Å². The van der Waals surface area contributed by atoms with Crippen LogP contribution >= 0.6 is 58.0 Å². The standard InChI is InChI=1S/C18H12Cl5N/c19-11-6-2-5-10(15(11)22)17-9-4-1-3-8(9)14-16(23)12(20)7-13(21)18(14)24-17/h1-3,5-9,17,24H,4H2/t8-,9+,17-/m1/s1. The zero-order valence-corrected chi connectivity index (χ0v) is 16.1. The molecule has 124 valence electrons. The van der Waals surface area contributed by atoms with E-state index in [2.05, 4.69) is 17.5 Å². The predicted octanol–water partition coefficient (Wildman–Crippen LogP) is 7.78. The predicted molar refractivity (Wildman–Crippen MR) is 104 cm³/mol. The molecule has 0 saturated carbocycles. The third-order valence-corrected chi connectivity index (χ3v) is 6.73. The molecule has 4 rings (SSSR count). The van der Waals surface area contributed by atoms with Gasteiger partial charge in [-0.1, -0.05) is 82.3 Å². The number of hydrogen-bond donors (Lipinski definition) is 1.